The van der Waals surface area contributed by atoms with Crippen LogP contribution in [0.5, 0.6) is 0 Å². The number of benzene rings is 1. The second kappa shape index (κ2) is 6.80. The third-order valence-electron chi connectivity index (χ3n) is 4.84. The third-order valence-corrected chi connectivity index (χ3v) is 5.07. The van der Waals surface area contributed by atoms with Crippen molar-refractivity contribution in [1.29, 1.82) is 0 Å². The molecule has 0 bridgehead atoms. The number of carbonyl (C=O) groups is 1. The van der Waals surface area contributed by atoms with Gasteiger partial charge in [0.15, 0.2) is 0 Å². The molecule has 1 unspecified atom stereocenters. The van der Waals surface area contributed by atoms with Crippen LogP contribution in [0.1, 0.15) is 57.6 Å². The molecule has 1 aliphatic carbocycles. The van der Waals surface area contributed by atoms with Crippen LogP contribution in [-0.2, 0) is 4.79 Å². The minimum absolute atomic E-state index is 0.128. The lowest BCUT2D eigenvalue weighted by Gasteiger charge is -2.38. The van der Waals surface area contributed by atoms with Crippen molar-refractivity contribution >= 4 is 17.5 Å². The lowest BCUT2D eigenvalue weighted by Crippen LogP contribution is -2.53. The van der Waals surface area contributed by atoms with Gasteiger partial charge in [0.05, 0.1) is 6.04 Å². The maximum atomic E-state index is 12.4. The maximum absolute atomic E-state index is 12.4. The van der Waals surface area contributed by atoms with Crippen molar-refractivity contribution in [2.24, 2.45) is 11.7 Å². The van der Waals surface area contributed by atoms with E-state index in [1.807, 2.05) is 24.3 Å². The van der Waals surface area contributed by atoms with Gasteiger partial charge in [-0.25, -0.2) is 0 Å². The molecule has 1 atom stereocenters. The Labute approximate surface area is 132 Å². The van der Waals surface area contributed by atoms with Gasteiger partial charge in [-0.1, -0.05) is 44.0 Å². The molecule has 21 heavy (non-hydrogen) atoms. The largest absolute Gasteiger partial charge is 0.347 e. The molecule has 116 valence electrons. The fourth-order valence-electron chi connectivity index (χ4n) is 2.83. The molecule has 1 saturated carbocycles. The topological polar surface area (TPSA) is 55.1 Å². The maximum Gasteiger partial charge on any atom is 0.223 e. The van der Waals surface area contributed by atoms with Gasteiger partial charge in [0.1, 0.15) is 0 Å². The number of hydrogen-bond donors (Lipinski definition) is 2. The van der Waals surface area contributed by atoms with Gasteiger partial charge in [0.2, 0.25) is 5.91 Å². The van der Waals surface area contributed by atoms with E-state index in [0.29, 0.717) is 5.02 Å². The zero-order chi connectivity index (χ0) is 15.5. The number of amides is 1. The summed E-state index contributed by atoms with van der Waals surface area (Å²) in [6, 6.07) is 7.45. The Morgan fingerprint density at radius 1 is 1.43 bits per heavy atom. The van der Waals surface area contributed by atoms with E-state index in [1.165, 1.54) is 0 Å². The number of carbonyl (C=O) groups excluding carboxylic acids is 1. The fourth-order valence-corrected chi connectivity index (χ4v) is 3.03. The van der Waals surface area contributed by atoms with Crippen LogP contribution >= 0.6 is 11.6 Å². The van der Waals surface area contributed by atoms with Crippen molar-refractivity contribution in [3.05, 3.63) is 34.9 Å². The third kappa shape index (κ3) is 3.58. The van der Waals surface area contributed by atoms with E-state index in [0.717, 1.165) is 37.7 Å². The smallest absolute Gasteiger partial charge is 0.223 e. The van der Waals surface area contributed by atoms with Gasteiger partial charge < -0.3 is 11.1 Å². The number of nitrogens with one attached hydrogen (secondary N) is 1. The first-order chi connectivity index (χ1) is 10.00. The molecule has 1 aliphatic rings. The molecule has 0 spiro atoms. The summed E-state index contributed by atoms with van der Waals surface area (Å²) >= 11 is 6.11. The van der Waals surface area contributed by atoms with Crippen molar-refractivity contribution in [2.75, 3.05) is 0 Å². The molecular formula is C17H25ClN2O. The van der Waals surface area contributed by atoms with Crippen LogP contribution in [-0.4, -0.2) is 11.4 Å². The first-order valence-corrected chi connectivity index (χ1v) is 8.22. The summed E-state index contributed by atoms with van der Waals surface area (Å²) in [6.07, 6.45) is 4.72. The van der Waals surface area contributed by atoms with Crippen LogP contribution in [0.3, 0.4) is 0 Å². The van der Waals surface area contributed by atoms with Crippen LogP contribution in [0.2, 0.25) is 5.02 Å². The number of nitrogens with two attached hydrogens (primary N) is 1. The summed E-state index contributed by atoms with van der Waals surface area (Å²) in [5.74, 6) is 0.285. The molecule has 1 amide bonds. The number of hydrogen-bond acceptors (Lipinski definition) is 2. The molecule has 1 fully saturated rings. The number of rotatable bonds is 6. The molecule has 0 radical (unpaired) electrons. The summed E-state index contributed by atoms with van der Waals surface area (Å²) < 4.78 is 0. The molecule has 3 N–H and O–H groups in total. The Bertz CT molecular complexity index is 495. The molecule has 0 aliphatic heterocycles. The Morgan fingerprint density at radius 2 is 2.10 bits per heavy atom. The molecule has 4 heteroatoms. The Hall–Kier alpha value is -1.06. The van der Waals surface area contributed by atoms with Crippen LogP contribution in [0.4, 0.5) is 0 Å². The second-order valence-electron chi connectivity index (χ2n) is 6.06. The molecule has 1 aromatic carbocycles. The normalized spacial score (nSPS) is 17.1. The minimum atomic E-state index is -0.454. The quantitative estimate of drug-likeness (QED) is 0.839. The fraction of sp³-hybridized carbons (Fsp3) is 0.588. The Morgan fingerprint density at radius 3 is 2.57 bits per heavy atom. The highest BCUT2D eigenvalue weighted by Gasteiger charge is 2.36. The summed E-state index contributed by atoms with van der Waals surface area (Å²) in [6.45, 7) is 4.13. The molecule has 1 aromatic rings. The summed E-state index contributed by atoms with van der Waals surface area (Å²) in [5.41, 5.74) is 7.11. The van der Waals surface area contributed by atoms with Gasteiger partial charge in [-0.3, -0.25) is 4.79 Å². The van der Waals surface area contributed by atoms with E-state index in [4.69, 9.17) is 17.3 Å². The average Bonchev–Trinajstić information content (AvgIpc) is 2.42. The number of halogens is 1. The first kappa shape index (κ1) is 16.3. The molecule has 0 saturated heterocycles. The monoisotopic (exact) mass is 308 g/mol. The Balaban J connectivity index is 2.27. The Kier molecular flexibility index (Phi) is 5.28. The summed E-state index contributed by atoms with van der Waals surface area (Å²) in [4.78, 5) is 12.4. The first-order valence-electron chi connectivity index (χ1n) is 7.85. The SMILES string of the molecule is CCC(N)(CC)C(NC(=O)C1CCC1)c1cccc(Cl)c1. The lowest BCUT2D eigenvalue weighted by atomic mass is 9.80. The van der Waals surface area contributed by atoms with Gasteiger partial charge in [-0.2, -0.15) is 0 Å². The van der Waals surface area contributed by atoms with Crippen LogP contribution in [0.15, 0.2) is 24.3 Å². The van der Waals surface area contributed by atoms with Crippen LogP contribution in [0, 0.1) is 5.92 Å². The van der Waals surface area contributed by atoms with Crippen molar-refractivity contribution in [3.63, 3.8) is 0 Å². The van der Waals surface area contributed by atoms with E-state index in [2.05, 4.69) is 19.2 Å². The highest BCUT2D eigenvalue weighted by molar-refractivity contribution is 6.30. The van der Waals surface area contributed by atoms with Gasteiger partial charge in [-0.15, -0.1) is 0 Å². The van der Waals surface area contributed by atoms with Gasteiger partial charge >= 0.3 is 0 Å². The van der Waals surface area contributed by atoms with Crippen molar-refractivity contribution in [3.8, 4) is 0 Å². The summed E-state index contributed by atoms with van der Waals surface area (Å²) in [7, 11) is 0. The van der Waals surface area contributed by atoms with Gasteiger partial charge in [0, 0.05) is 16.5 Å². The molecule has 3 nitrogen and oxygen atoms in total. The zero-order valence-electron chi connectivity index (χ0n) is 12.9. The van der Waals surface area contributed by atoms with Crippen LogP contribution in [0.25, 0.3) is 0 Å². The molecule has 2 rings (SSSR count). The standard InChI is InChI=1S/C17H25ClN2O/c1-3-17(19,4-2)15(13-9-6-10-14(18)11-13)20-16(21)12-7-5-8-12/h6,9-12,15H,3-5,7-8,19H2,1-2H3,(H,20,21). The van der Waals surface area contributed by atoms with Gasteiger partial charge in [0.25, 0.3) is 0 Å². The van der Waals surface area contributed by atoms with E-state index in [-0.39, 0.29) is 17.9 Å². The predicted octanol–water partition coefficient (Wildman–Crippen LogP) is 3.81. The van der Waals surface area contributed by atoms with Crippen molar-refractivity contribution in [1.82, 2.24) is 5.32 Å². The van der Waals surface area contributed by atoms with Crippen molar-refractivity contribution < 1.29 is 4.79 Å². The lowest BCUT2D eigenvalue weighted by molar-refractivity contribution is -0.128. The predicted molar refractivity (Wildman–Crippen MR) is 87.2 cm³/mol. The zero-order valence-corrected chi connectivity index (χ0v) is 13.6. The highest BCUT2D eigenvalue weighted by Crippen LogP contribution is 2.33. The summed E-state index contributed by atoms with van der Waals surface area (Å²) in [5, 5.41) is 3.85. The molecular weight excluding hydrogens is 284 g/mol. The van der Waals surface area contributed by atoms with E-state index >= 15 is 0 Å². The van der Waals surface area contributed by atoms with E-state index in [1.54, 1.807) is 0 Å². The minimum Gasteiger partial charge on any atom is -0.347 e. The van der Waals surface area contributed by atoms with Gasteiger partial charge in [-0.05, 0) is 43.4 Å². The molecule has 0 heterocycles. The average molecular weight is 309 g/mol. The van der Waals surface area contributed by atoms with E-state index < -0.39 is 5.54 Å². The molecule has 0 aromatic heterocycles. The van der Waals surface area contributed by atoms with Crippen molar-refractivity contribution in [2.45, 2.75) is 57.5 Å². The van der Waals surface area contributed by atoms with E-state index in [9.17, 15) is 4.79 Å². The van der Waals surface area contributed by atoms with Crippen LogP contribution < -0.4 is 11.1 Å². The second-order valence-corrected chi connectivity index (χ2v) is 6.50. The highest BCUT2D eigenvalue weighted by atomic mass is 35.5.